The molecule has 0 aliphatic heterocycles. The Morgan fingerprint density at radius 2 is 1.88 bits per heavy atom. The molecule has 0 saturated carbocycles. The van der Waals surface area contributed by atoms with Crippen molar-refractivity contribution >= 4 is 11.3 Å². The molecule has 0 bridgehead atoms. The first-order valence-corrected chi connectivity index (χ1v) is 8.41. The van der Waals surface area contributed by atoms with Crippen molar-refractivity contribution in [2.45, 2.75) is 13.1 Å². The highest BCUT2D eigenvalue weighted by atomic mass is 32.1. The second-order valence-corrected chi connectivity index (χ2v) is 6.30. The molecule has 124 valence electrons. The molecular formula is C19H17F2NOS. The molecular weight excluding hydrogens is 328 g/mol. The van der Waals surface area contributed by atoms with E-state index in [9.17, 15) is 8.78 Å². The highest BCUT2D eigenvalue weighted by molar-refractivity contribution is 7.13. The van der Waals surface area contributed by atoms with E-state index in [1.54, 1.807) is 35.6 Å². The minimum absolute atomic E-state index is 0.217. The van der Waals surface area contributed by atoms with Gasteiger partial charge in [-0.3, -0.25) is 0 Å². The molecule has 0 radical (unpaired) electrons. The van der Waals surface area contributed by atoms with E-state index in [-0.39, 0.29) is 11.6 Å². The number of rotatable bonds is 6. The van der Waals surface area contributed by atoms with Crippen molar-refractivity contribution < 1.29 is 13.5 Å². The standard InChI is InChI=1S/C19H17F2NOS/c1-23-18-7-4-13(9-17(18)21)11-22-12-15-6-5-14(10-16(15)20)19-3-2-8-24-19/h2-10,22H,11-12H2,1H3. The summed E-state index contributed by atoms with van der Waals surface area (Å²) in [4.78, 5) is 1.04. The van der Waals surface area contributed by atoms with Gasteiger partial charge in [0.2, 0.25) is 0 Å². The molecule has 0 aliphatic carbocycles. The van der Waals surface area contributed by atoms with Crippen molar-refractivity contribution in [1.82, 2.24) is 5.32 Å². The van der Waals surface area contributed by atoms with E-state index in [0.29, 0.717) is 18.7 Å². The van der Waals surface area contributed by atoms with Crippen LogP contribution in [-0.2, 0) is 13.1 Å². The van der Waals surface area contributed by atoms with Gasteiger partial charge in [-0.25, -0.2) is 8.78 Å². The van der Waals surface area contributed by atoms with Crippen LogP contribution in [0.2, 0.25) is 0 Å². The maximum absolute atomic E-state index is 14.2. The van der Waals surface area contributed by atoms with E-state index in [0.717, 1.165) is 16.0 Å². The van der Waals surface area contributed by atoms with Crippen LogP contribution in [0.25, 0.3) is 10.4 Å². The topological polar surface area (TPSA) is 21.3 Å². The third kappa shape index (κ3) is 3.80. The normalized spacial score (nSPS) is 10.8. The van der Waals surface area contributed by atoms with Crippen molar-refractivity contribution in [2.75, 3.05) is 7.11 Å². The highest BCUT2D eigenvalue weighted by Crippen LogP contribution is 2.26. The van der Waals surface area contributed by atoms with Gasteiger partial charge in [0.15, 0.2) is 11.6 Å². The quantitative estimate of drug-likeness (QED) is 0.679. The molecule has 0 fully saturated rings. The minimum Gasteiger partial charge on any atom is -0.494 e. The largest absolute Gasteiger partial charge is 0.494 e. The highest BCUT2D eigenvalue weighted by Gasteiger charge is 2.07. The van der Waals surface area contributed by atoms with Crippen LogP contribution in [0.1, 0.15) is 11.1 Å². The van der Waals surface area contributed by atoms with Gasteiger partial charge in [0.1, 0.15) is 5.82 Å². The van der Waals surface area contributed by atoms with Gasteiger partial charge in [-0.2, -0.15) is 0 Å². The first kappa shape index (κ1) is 16.6. The number of methoxy groups -OCH3 is 1. The van der Waals surface area contributed by atoms with E-state index in [1.807, 2.05) is 23.6 Å². The Morgan fingerprint density at radius 1 is 1.00 bits per heavy atom. The number of benzene rings is 2. The van der Waals surface area contributed by atoms with Crippen LogP contribution < -0.4 is 10.1 Å². The van der Waals surface area contributed by atoms with Gasteiger partial charge >= 0.3 is 0 Å². The summed E-state index contributed by atoms with van der Waals surface area (Å²) in [7, 11) is 1.43. The molecule has 0 saturated heterocycles. The Kier molecular flexibility index (Phi) is 5.23. The number of thiophene rings is 1. The first-order valence-electron chi connectivity index (χ1n) is 7.53. The fourth-order valence-electron chi connectivity index (χ4n) is 2.45. The molecule has 0 atom stereocenters. The van der Waals surface area contributed by atoms with Crippen molar-refractivity contribution in [3.8, 4) is 16.2 Å². The third-order valence-corrected chi connectivity index (χ3v) is 4.64. The first-order chi connectivity index (χ1) is 11.7. The Morgan fingerprint density at radius 3 is 2.54 bits per heavy atom. The Hall–Kier alpha value is -2.24. The second kappa shape index (κ2) is 7.55. The molecule has 3 aromatic rings. The van der Waals surface area contributed by atoms with E-state index in [1.165, 1.54) is 13.2 Å². The van der Waals surface area contributed by atoms with Crippen LogP contribution in [0.5, 0.6) is 5.75 Å². The molecule has 24 heavy (non-hydrogen) atoms. The summed E-state index contributed by atoms with van der Waals surface area (Å²) in [5, 5.41) is 5.10. The monoisotopic (exact) mass is 345 g/mol. The van der Waals surface area contributed by atoms with E-state index < -0.39 is 5.82 Å². The lowest BCUT2D eigenvalue weighted by Gasteiger charge is -2.09. The van der Waals surface area contributed by atoms with Crippen LogP contribution in [0.4, 0.5) is 8.78 Å². The summed E-state index contributed by atoms with van der Waals surface area (Å²) in [6.07, 6.45) is 0. The molecule has 5 heteroatoms. The van der Waals surface area contributed by atoms with Gasteiger partial charge in [-0.1, -0.05) is 24.3 Å². The maximum Gasteiger partial charge on any atom is 0.165 e. The molecule has 2 aromatic carbocycles. The summed E-state index contributed by atoms with van der Waals surface area (Å²) in [5.74, 6) is -0.424. The van der Waals surface area contributed by atoms with Crippen LogP contribution in [0, 0.1) is 11.6 Å². The fraction of sp³-hybridized carbons (Fsp3) is 0.158. The lowest BCUT2D eigenvalue weighted by atomic mass is 10.1. The smallest absolute Gasteiger partial charge is 0.165 e. The summed E-state index contributed by atoms with van der Waals surface area (Å²) in [5.41, 5.74) is 2.25. The number of hydrogen-bond donors (Lipinski definition) is 1. The van der Waals surface area contributed by atoms with E-state index >= 15 is 0 Å². The lowest BCUT2D eigenvalue weighted by molar-refractivity contribution is 0.386. The lowest BCUT2D eigenvalue weighted by Crippen LogP contribution is -2.14. The van der Waals surface area contributed by atoms with Crippen molar-refractivity contribution in [3.63, 3.8) is 0 Å². The van der Waals surface area contributed by atoms with Gasteiger partial charge in [-0.05, 0) is 40.8 Å². The average molecular weight is 345 g/mol. The Bertz CT molecular complexity index is 818. The molecule has 1 heterocycles. The number of hydrogen-bond acceptors (Lipinski definition) is 3. The SMILES string of the molecule is COc1ccc(CNCc2ccc(-c3cccs3)cc2F)cc1F. The van der Waals surface area contributed by atoms with Crippen LogP contribution in [0.15, 0.2) is 53.9 Å². The fourth-order valence-corrected chi connectivity index (χ4v) is 3.17. The number of nitrogens with one attached hydrogen (secondary N) is 1. The molecule has 3 rings (SSSR count). The van der Waals surface area contributed by atoms with Crippen LogP contribution in [0.3, 0.4) is 0 Å². The zero-order chi connectivity index (χ0) is 16.9. The zero-order valence-corrected chi connectivity index (χ0v) is 14.0. The number of halogens is 2. The summed E-state index contributed by atoms with van der Waals surface area (Å²) >= 11 is 1.58. The molecule has 2 nitrogen and oxygen atoms in total. The maximum atomic E-state index is 14.2. The van der Waals surface area contributed by atoms with Crippen molar-refractivity contribution in [1.29, 1.82) is 0 Å². The molecule has 1 N–H and O–H groups in total. The molecule has 0 amide bonds. The number of ether oxygens (including phenoxy) is 1. The van der Waals surface area contributed by atoms with Gasteiger partial charge < -0.3 is 10.1 Å². The van der Waals surface area contributed by atoms with Crippen LogP contribution in [-0.4, -0.2) is 7.11 Å². The summed E-state index contributed by atoms with van der Waals surface area (Å²) in [6.45, 7) is 0.831. The average Bonchev–Trinajstić information content (AvgIpc) is 3.11. The second-order valence-electron chi connectivity index (χ2n) is 5.36. The summed E-state index contributed by atoms with van der Waals surface area (Å²) < 4.78 is 32.7. The van der Waals surface area contributed by atoms with Crippen molar-refractivity contribution in [3.05, 3.63) is 76.7 Å². The van der Waals surface area contributed by atoms with Gasteiger partial charge in [0.05, 0.1) is 7.11 Å². The van der Waals surface area contributed by atoms with E-state index in [4.69, 9.17) is 4.74 Å². The molecule has 0 spiro atoms. The summed E-state index contributed by atoms with van der Waals surface area (Å²) in [6, 6.07) is 14.0. The Balaban J connectivity index is 1.61. The van der Waals surface area contributed by atoms with Crippen molar-refractivity contribution in [2.24, 2.45) is 0 Å². The predicted octanol–water partition coefficient (Wildman–Crippen LogP) is 4.99. The Labute approximate surface area is 143 Å². The molecule has 1 aromatic heterocycles. The third-order valence-electron chi connectivity index (χ3n) is 3.72. The van der Waals surface area contributed by atoms with E-state index in [2.05, 4.69) is 5.32 Å². The molecule has 0 unspecified atom stereocenters. The molecule has 0 aliphatic rings. The van der Waals surface area contributed by atoms with Gasteiger partial charge in [-0.15, -0.1) is 11.3 Å². The van der Waals surface area contributed by atoms with Crippen LogP contribution >= 0.6 is 11.3 Å². The predicted molar refractivity (Wildman–Crippen MR) is 93.2 cm³/mol. The minimum atomic E-state index is -0.400. The van der Waals surface area contributed by atoms with Gasteiger partial charge in [0, 0.05) is 23.5 Å². The van der Waals surface area contributed by atoms with Gasteiger partial charge in [0.25, 0.3) is 0 Å². The zero-order valence-electron chi connectivity index (χ0n) is 13.2.